The van der Waals surface area contributed by atoms with Gasteiger partial charge in [0.25, 0.3) is 0 Å². The molecule has 0 atom stereocenters. The summed E-state index contributed by atoms with van der Waals surface area (Å²) in [5, 5.41) is 0. The number of nitrogens with zero attached hydrogens (tertiary/aromatic N) is 2. The molecule has 1 fully saturated rings. The van der Waals surface area contributed by atoms with Crippen molar-refractivity contribution in [3.05, 3.63) is 34.9 Å². The first kappa shape index (κ1) is 17.5. The van der Waals surface area contributed by atoms with E-state index in [1.54, 1.807) is 0 Å². The molecule has 0 spiro atoms. The molecule has 1 aliphatic heterocycles. The van der Waals surface area contributed by atoms with Crippen molar-refractivity contribution in [2.24, 2.45) is 5.92 Å². The van der Waals surface area contributed by atoms with Crippen LogP contribution in [-0.4, -0.2) is 47.8 Å². The Morgan fingerprint density at radius 3 is 2.35 bits per heavy atom. The van der Waals surface area contributed by atoms with Gasteiger partial charge in [0.1, 0.15) is 0 Å². The lowest BCUT2D eigenvalue weighted by Gasteiger charge is -2.23. The number of benzene rings is 1. The maximum atomic E-state index is 12.6. The van der Waals surface area contributed by atoms with Crippen LogP contribution < -0.4 is 0 Å². The molecule has 1 saturated heterocycles. The Kier molecular flexibility index (Phi) is 5.80. The first-order valence-corrected chi connectivity index (χ1v) is 8.51. The molecule has 4 heteroatoms. The fourth-order valence-electron chi connectivity index (χ4n) is 3.07. The van der Waals surface area contributed by atoms with Gasteiger partial charge in [0.2, 0.25) is 11.8 Å². The molecule has 23 heavy (non-hydrogen) atoms. The summed E-state index contributed by atoms with van der Waals surface area (Å²) in [6, 6.07) is 6.23. The molecular weight excluding hydrogens is 288 g/mol. The molecular formula is C19H28N2O2. The van der Waals surface area contributed by atoms with Gasteiger partial charge in [-0.05, 0) is 31.4 Å². The highest BCUT2D eigenvalue weighted by molar-refractivity contribution is 5.80. The first-order chi connectivity index (χ1) is 10.9. The number of amides is 2. The maximum absolute atomic E-state index is 12.6. The molecule has 1 aliphatic rings. The molecule has 0 saturated carbocycles. The molecule has 126 valence electrons. The van der Waals surface area contributed by atoms with Crippen molar-refractivity contribution in [1.29, 1.82) is 0 Å². The number of hydrogen-bond acceptors (Lipinski definition) is 2. The Morgan fingerprint density at radius 2 is 1.70 bits per heavy atom. The van der Waals surface area contributed by atoms with Gasteiger partial charge < -0.3 is 9.80 Å². The highest BCUT2D eigenvalue weighted by Gasteiger charge is 2.23. The van der Waals surface area contributed by atoms with Crippen LogP contribution in [0.4, 0.5) is 0 Å². The zero-order valence-corrected chi connectivity index (χ0v) is 14.8. The second-order valence-corrected chi connectivity index (χ2v) is 6.82. The van der Waals surface area contributed by atoms with Crippen LogP contribution in [0.15, 0.2) is 18.2 Å². The number of aryl methyl sites for hydroxylation is 2. The second kappa shape index (κ2) is 7.62. The molecule has 2 amide bonds. The summed E-state index contributed by atoms with van der Waals surface area (Å²) in [6.07, 6.45) is 1.31. The summed E-state index contributed by atoms with van der Waals surface area (Å²) in [5.74, 6) is 0.372. The predicted molar refractivity (Wildman–Crippen MR) is 92.2 cm³/mol. The van der Waals surface area contributed by atoms with Gasteiger partial charge >= 0.3 is 0 Å². The standard InChI is InChI=1S/C19H28N2O2/c1-14(2)19(23)21-9-5-8-20(10-11-21)18(22)13-17-7-6-15(3)12-16(17)4/h6-7,12,14H,5,8-11,13H2,1-4H3. The van der Waals surface area contributed by atoms with Gasteiger partial charge in [0.05, 0.1) is 6.42 Å². The van der Waals surface area contributed by atoms with Crippen LogP contribution in [0.3, 0.4) is 0 Å². The van der Waals surface area contributed by atoms with Crippen LogP contribution in [0.25, 0.3) is 0 Å². The van der Waals surface area contributed by atoms with Gasteiger partial charge in [0, 0.05) is 32.1 Å². The van der Waals surface area contributed by atoms with Gasteiger partial charge in [-0.15, -0.1) is 0 Å². The van der Waals surface area contributed by atoms with Crippen molar-refractivity contribution < 1.29 is 9.59 Å². The average Bonchev–Trinajstić information content (AvgIpc) is 2.75. The number of rotatable bonds is 3. The zero-order chi connectivity index (χ0) is 17.0. The lowest BCUT2D eigenvalue weighted by molar-refractivity contribution is -0.135. The summed E-state index contributed by atoms with van der Waals surface area (Å²) in [7, 11) is 0. The molecule has 0 aliphatic carbocycles. The maximum Gasteiger partial charge on any atom is 0.227 e. The second-order valence-electron chi connectivity index (χ2n) is 6.82. The fraction of sp³-hybridized carbons (Fsp3) is 0.579. The van der Waals surface area contributed by atoms with Gasteiger partial charge in [-0.1, -0.05) is 37.6 Å². The summed E-state index contributed by atoms with van der Waals surface area (Å²) in [5.41, 5.74) is 3.49. The highest BCUT2D eigenvalue weighted by atomic mass is 16.2. The SMILES string of the molecule is Cc1ccc(CC(=O)N2CCCN(C(=O)C(C)C)CC2)c(C)c1. The molecule has 1 heterocycles. The molecule has 0 unspecified atom stereocenters. The molecule has 0 aromatic heterocycles. The average molecular weight is 316 g/mol. The minimum Gasteiger partial charge on any atom is -0.341 e. The van der Waals surface area contributed by atoms with Crippen molar-refractivity contribution in [1.82, 2.24) is 9.80 Å². The van der Waals surface area contributed by atoms with E-state index in [4.69, 9.17) is 0 Å². The Balaban J connectivity index is 1.96. The van der Waals surface area contributed by atoms with E-state index in [9.17, 15) is 9.59 Å². The van der Waals surface area contributed by atoms with E-state index in [1.165, 1.54) is 11.1 Å². The number of carbonyl (C=O) groups excluding carboxylic acids is 2. The number of hydrogen-bond donors (Lipinski definition) is 0. The fourth-order valence-corrected chi connectivity index (χ4v) is 3.07. The van der Waals surface area contributed by atoms with Gasteiger partial charge in [-0.25, -0.2) is 0 Å². The molecule has 0 N–H and O–H groups in total. The Labute approximate surface area is 139 Å². The monoisotopic (exact) mass is 316 g/mol. The lowest BCUT2D eigenvalue weighted by atomic mass is 10.0. The topological polar surface area (TPSA) is 40.6 Å². The van der Waals surface area contributed by atoms with Crippen molar-refractivity contribution in [2.75, 3.05) is 26.2 Å². The van der Waals surface area contributed by atoms with E-state index in [0.29, 0.717) is 19.5 Å². The van der Waals surface area contributed by atoms with Gasteiger partial charge in [-0.3, -0.25) is 9.59 Å². The summed E-state index contributed by atoms with van der Waals surface area (Å²) in [4.78, 5) is 28.5. The Hall–Kier alpha value is -1.84. The van der Waals surface area contributed by atoms with Crippen molar-refractivity contribution in [3.8, 4) is 0 Å². The molecule has 2 rings (SSSR count). The molecule has 0 radical (unpaired) electrons. The zero-order valence-electron chi connectivity index (χ0n) is 14.8. The molecule has 4 nitrogen and oxygen atoms in total. The van der Waals surface area contributed by atoms with E-state index < -0.39 is 0 Å². The normalized spacial score (nSPS) is 15.7. The third-order valence-electron chi connectivity index (χ3n) is 4.49. The Bertz CT molecular complexity index is 581. The van der Waals surface area contributed by atoms with Crippen LogP contribution >= 0.6 is 0 Å². The number of carbonyl (C=O) groups is 2. The third-order valence-corrected chi connectivity index (χ3v) is 4.49. The van der Waals surface area contributed by atoms with Crippen LogP contribution in [0.5, 0.6) is 0 Å². The highest BCUT2D eigenvalue weighted by Crippen LogP contribution is 2.14. The van der Waals surface area contributed by atoms with Crippen molar-refractivity contribution >= 4 is 11.8 Å². The lowest BCUT2D eigenvalue weighted by Crippen LogP contribution is -2.39. The van der Waals surface area contributed by atoms with Crippen LogP contribution in [-0.2, 0) is 16.0 Å². The summed E-state index contributed by atoms with van der Waals surface area (Å²) < 4.78 is 0. The van der Waals surface area contributed by atoms with Crippen LogP contribution in [0.2, 0.25) is 0 Å². The minimum absolute atomic E-state index is 0.0208. The predicted octanol–water partition coefficient (Wildman–Crippen LogP) is 2.56. The van der Waals surface area contributed by atoms with E-state index in [1.807, 2.05) is 23.6 Å². The van der Waals surface area contributed by atoms with Crippen LogP contribution in [0.1, 0.15) is 37.0 Å². The largest absolute Gasteiger partial charge is 0.341 e. The summed E-state index contributed by atoms with van der Waals surface area (Å²) in [6.45, 7) is 10.8. The molecule has 1 aromatic carbocycles. The first-order valence-electron chi connectivity index (χ1n) is 8.51. The molecule has 0 bridgehead atoms. The van der Waals surface area contributed by atoms with E-state index in [2.05, 4.69) is 32.0 Å². The van der Waals surface area contributed by atoms with Crippen molar-refractivity contribution in [3.63, 3.8) is 0 Å². The van der Waals surface area contributed by atoms with Crippen molar-refractivity contribution in [2.45, 2.75) is 40.5 Å². The van der Waals surface area contributed by atoms with Gasteiger partial charge in [-0.2, -0.15) is 0 Å². The summed E-state index contributed by atoms with van der Waals surface area (Å²) >= 11 is 0. The van der Waals surface area contributed by atoms with Crippen LogP contribution in [0, 0.1) is 19.8 Å². The van der Waals surface area contributed by atoms with E-state index in [0.717, 1.165) is 25.1 Å². The minimum atomic E-state index is 0.0208. The van der Waals surface area contributed by atoms with E-state index in [-0.39, 0.29) is 17.7 Å². The quantitative estimate of drug-likeness (QED) is 0.860. The van der Waals surface area contributed by atoms with E-state index >= 15 is 0 Å². The molecule has 1 aromatic rings. The smallest absolute Gasteiger partial charge is 0.227 e. The van der Waals surface area contributed by atoms with Gasteiger partial charge in [0.15, 0.2) is 0 Å². The third kappa shape index (κ3) is 4.57. The Morgan fingerprint density at radius 1 is 1.04 bits per heavy atom.